The standard InChI is InChI=1S/C27H29ClN2O2/c1-19-9-8-10-22(17-19)31-16-7-6-15-30-26-12-5-4-11-25(26)29-27(30)21(3)32-23-13-14-24(28)20(2)18-23/h4-5,8-14,17-18,21H,6-7,15-16H2,1-3H3. The highest BCUT2D eigenvalue weighted by molar-refractivity contribution is 6.31. The average Bonchev–Trinajstić information content (AvgIpc) is 3.15. The van der Waals surface area contributed by atoms with Gasteiger partial charge in [0.2, 0.25) is 0 Å². The molecule has 1 heterocycles. The molecule has 0 fully saturated rings. The largest absolute Gasteiger partial charge is 0.494 e. The van der Waals surface area contributed by atoms with Gasteiger partial charge in [0.25, 0.3) is 0 Å². The monoisotopic (exact) mass is 448 g/mol. The number of unbranched alkanes of at least 4 members (excludes halogenated alkanes) is 1. The van der Waals surface area contributed by atoms with Crippen LogP contribution in [0, 0.1) is 13.8 Å². The molecule has 0 aliphatic carbocycles. The van der Waals surface area contributed by atoms with Crippen molar-refractivity contribution >= 4 is 22.6 Å². The molecule has 0 bridgehead atoms. The molecule has 0 saturated carbocycles. The molecule has 0 aliphatic rings. The maximum atomic E-state index is 6.24. The molecular weight excluding hydrogens is 420 g/mol. The fourth-order valence-corrected chi connectivity index (χ4v) is 3.97. The summed E-state index contributed by atoms with van der Waals surface area (Å²) in [5.41, 5.74) is 4.33. The van der Waals surface area contributed by atoms with E-state index in [0.717, 1.165) is 58.3 Å². The van der Waals surface area contributed by atoms with E-state index in [0.29, 0.717) is 6.61 Å². The van der Waals surface area contributed by atoms with Crippen LogP contribution in [0.3, 0.4) is 0 Å². The third-order valence-electron chi connectivity index (χ3n) is 5.52. The summed E-state index contributed by atoms with van der Waals surface area (Å²) < 4.78 is 14.4. The number of hydrogen-bond donors (Lipinski definition) is 0. The second-order valence-electron chi connectivity index (χ2n) is 8.15. The molecule has 1 unspecified atom stereocenters. The van der Waals surface area contributed by atoms with E-state index in [9.17, 15) is 0 Å². The first-order valence-corrected chi connectivity index (χ1v) is 11.5. The molecule has 4 nitrogen and oxygen atoms in total. The number of aromatic nitrogens is 2. The zero-order chi connectivity index (χ0) is 22.5. The van der Waals surface area contributed by atoms with Crippen molar-refractivity contribution in [2.24, 2.45) is 0 Å². The van der Waals surface area contributed by atoms with Gasteiger partial charge >= 0.3 is 0 Å². The zero-order valence-corrected chi connectivity index (χ0v) is 19.6. The first kappa shape index (κ1) is 22.2. The van der Waals surface area contributed by atoms with Crippen LogP contribution in [0.4, 0.5) is 0 Å². The van der Waals surface area contributed by atoms with Crippen LogP contribution in [0.1, 0.15) is 42.8 Å². The minimum Gasteiger partial charge on any atom is -0.494 e. The lowest BCUT2D eigenvalue weighted by Crippen LogP contribution is -2.13. The summed E-state index contributed by atoms with van der Waals surface area (Å²) in [4.78, 5) is 4.89. The molecule has 0 amide bonds. The fraction of sp³-hybridized carbons (Fsp3) is 0.296. The van der Waals surface area contributed by atoms with Crippen molar-refractivity contribution in [2.45, 2.75) is 46.3 Å². The van der Waals surface area contributed by atoms with E-state index in [2.05, 4.69) is 41.8 Å². The molecule has 1 aromatic heterocycles. The molecule has 1 atom stereocenters. The fourth-order valence-electron chi connectivity index (χ4n) is 3.85. The quantitative estimate of drug-likeness (QED) is 0.252. The summed E-state index contributed by atoms with van der Waals surface area (Å²) in [5.74, 6) is 2.65. The van der Waals surface area contributed by atoms with Gasteiger partial charge in [-0.15, -0.1) is 0 Å². The van der Waals surface area contributed by atoms with Crippen molar-refractivity contribution in [1.82, 2.24) is 9.55 Å². The zero-order valence-electron chi connectivity index (χ0n) is 18.8. The lowest BCUT2D eigenvalue weighted by Gasteiger charge is -2.17. The van der Waals surface area contributed by atoms with Gasteiger partial charge < -0.3 is 14.0 Å². The van der Waals surface area contributed by atoms with Crippen molar-refractivity contribution in [2.75, 3.05) is 6.61 Å². The third kappa shape index (κ3) is 5.25. The molecule has 0 aliphatic heterocycles. The number of fused-ring (bicyclic) bond motifs is 1. The number of rotatable bonds is 9. The number of benzene rings is 3. The summed E-state index contributed by atoms with van der Waals surface area (Å²) in [6, 6.07) is 22.2. The lowest BCUT2D eigenvalue weighted by atomic mass is 10.2. The van der Waals surface area contributed by atoms with E-state index in [1.165, 1.54) is 5.56 Å². The molecule has 4 rings (SSSR count). The van der Waals surface area contributed by atoms with Gasteiger partial charge in [0.15, 0.2) is 11.9 Å². The first-order valence-electron chi connectivity index (χ1n) is 11.1. The number of para-hydroxylation sites is 2. The molecule has 0 spiro atoms. The van der Waals surface area contributed by atoms with E-state index >= 15 is 0 Å². The number of halogens is 1. The Labute approximate surface area is 194 Å². The number of hydrogen-bond acceptors (Lipinski definition) is 3. The Hall–Kier alpha value is -2.98. The summed E-state index contributed by atoms with van der Waals surface area (Å²) >= 11 is 6.16. The average molecular weight is 449 g/mol. The summed E-state index contributed by atoms with van der Waals surface area (Å²) in [6.45, 7) is 7.66. The topological polar surface area (TPSA) is 36.3 Å². The third-order valence-corrected chi connectivity index (χ3v) is 5.95. The van der Waals surface area contributed by atoms with E-state index in [4.69, 9.17) is 26.1 Å². The Kier molecular flexibility index (Phi) is 7.01. The van der Waals surface area contributed by atoms with Crippen molar-refractivity contribution < 1.29 is 9.47 Å². The Morgan fingerprint density at radius 1 is 0.938 bits per heavy atom. The number of imidazole rings is 1. The van der Waals surface area contributed by atoms with Gasteiger partial charge in [0.1, 0.15) is 11.5 Å². The second-order valence-corrected chi connectivity index (χ2v) is 8.56. The maximum Gasteiger partial charge on any atom is 0.153 e. The molecule has 166 valence electrons. The molecule has 0 radical (unpaired) electrons. The minimum absolute atomic E-state index is 0.188. The SMILES string of the molecule is Cc1cccc(OCCCCn2c(C(C)Oc3ccc(Cl)c(C)c3)nc3ccccc32)c1. The van der Waals surface area contributed by atoms with Crippen LogP contribution in [0.5, 0.6) is 11.5 Å². The Balaban J connectivity index is 1.44. The van der Waals surface area contributed by atoms with Crippen LogP contribution < -0.4 is 9.47 Å². The van der Waals surface area contributed by atoms with Crippen LogP contribution in [-0.2, 0) is 6.54 Å². The molecular formula is C27H29ClN2O2. The van der Waals surface area contributed by atoms with Gasteiger partial charge in [-0.1, -0.05) is 35.9 Å². The van der Waals surface area contributed by atoms with Crippen molar-refractivity contribution in [1.29, 1.82) is 0 Å². The van der Waals surface area contributed by atoms with Gasteiger partial charge in [0.05, 0.1) is 17.6 Å². The lowest BCUT2D eigenvalue weighted by molar-refractivity contribution is 0.210. The highest BCUT2D eigenvalue weighted by Crippen LogP contribution is 2.28. The second kappa shape index (κ2) is 10.1. The van der Waals surface area contributed by atoms with Crippen molar-refractivity contribution in [3.63, 3.8) is 0 Å². The number of nitrogens with zero attached hydrogens (tertiary/aromatic N) is 2. The van der Waals surface area contributed by atoms with Gasteiger partial charge in [-0.05, 0) is 87.2 Å². The molecule has 4 aromatic rings. The predicted octanol–water partition coefficient (Wildman–Crippen LogP) is 7.31. The Bertz CT molecular complexity index is 1200. The highest BCUT2D eigenvalue weighted by Gasteiger charge is 2.18. The normalized spacial score (nSPS) is 12.1. The molecule has 32 heavy (non-hydrogen) atoms. The predicted molar refractivity (Wildman–Crippen MR) is 131 cm³/mol. The molecule has 5 heteroatoms. The van der Waals surface area contributed by atoms with E-state index in [1.54, 1.807) is 0 Å². The van der Waals surface area contributed by atoms with E-state index in [1.807, 2.05) is 50.2 Å². The Morgan fingerprint density at radius 2 is 1.78 bits per heavy atom. The van der Waals surface area contributed by atoms with Crippen LogP contribution in [-0.4, -0.2) is 16.2 Å². The van der Waals surface area contributed by atoms with Gasteiger partial charge in [-0.25, -0.2) is 4.98 Å². The summed E-state index contributed by atoms with van der Waals surface area (Å²) in [7, 11) is 0. The van der Waals surface area contributed by atoms with Gasteiger partial charge in [0, 0.05) is 11.6 Å². The highest BCUT2D eigenvalue weighted by atomic mass is 35.5. The molecule has 0 saturated heterocycles. The summed E-state index contributed by atoms with van der Waals surface area (Å²) in [5, 5.41) is 0.741. The van der Waals surface area contributed by atoms with Gasteiger partial charge in [-0.2, -0.15) is 0 Å². The first-order chi connectivity index (χ1) is 15.5. The molecule has 0 N–H and O–H groups in total. The maximum absolute atomic E-state index is 6.24. The van der Waals surface area contributed by atoms with E-state index < -0.39 is 0 Å². The number of aryl methyl sites for hydroxylation is 3. The van der Waals surface area contributed by atoms with Gasteiger partial charge in [-0.3, -0.25) is 0 Å². The van der Waals surface area contributed by atoms with Crippen molar-refractivity contribution in [3.05, 3.63) is 88.7 Å². The number of ether oxygens (including phenoxy) is 2. The van der Waals surface area contributed by atoms with Crippen molar-refractivity contribution in [3.8, 4) is 11.5 Å². The van der Waals surface area contributed by atoms with E-state index in [-0.39, 0.29) is 6.10 Å². The van der Waals surface area contributed by atoms with Crippen LogP contribution >= 0.6 is 11.6 Å². The van der Waals surface area contributed by atoms with Crippen LogP contribution in [0.2, 0.25) is 5.02 Å². The van der Waals surface area contributed by atoms with Crippen LogP contribution in [0.15, 0.2) is 66.7 Å². The smallest absolute Gasteiger partial charge is 0.153 e. The van der Waals surface area contributed by atoms with Crippen LogP contribution in [0.25, 0.3) is 11.0 Å². The Morgan fingerprint density at radius 3 is 2.59 bits per heavy atom. The molecule has 3 aromatic carbocycles. The minimum atomic E-state index is -0.188. The summed E-state index contributed by atoms with van der Waals surface area (Å²) in [6.07, 6.45) is 1.77.